The van der Waals surface area contributed by atoms with Crippen molar-refractivity contribution >= 4 is 5.69 Å². The minimum Gasteiger partial charge on any atom is -0.365 e. The molecule has 1 atom stereocenters. The lowest BCUT2D eigenvalue weighted by molar-refractivity contribution is 0.611. The number of hydrogen-bond donors (Lipinski definition) is 1. The summed E-state index contributed by atoms with van der Waals surface area (Å²) >= 11 is 0. The summed E-state index contributed by atoms with van der Waals surface area (Å²) < 4.78 is 14.3. The molecule has 0 aliphatic rings. The molecule has 0 saturated heterocycles. The Kier molecular flexibility index (Phi) is 5.28. The van der Waals surface area contributed by atoms with Gasteiger partial charge in [-0.25, -0.2) is 4.39 Å². The van der Waals surface area contributed by atoms with Crippen LogP contribution in [0.4, 0.5) is 10.1 Å². The van der Waals surface area contributed by atoms with Crippen LogP contribution in [0.2, 0.25) is 0 Å². The van der Waals surface area contributed by atoms with Crippen molar-refractivity contribution in [2.75, 3.05) is 11.4 Å². The fraction of sp³-hybridized carbons (Fsp3) is 0.353. The number of rotatable bonds is 6. The van der Waals surface area contributed by atoms with Crippen molar-refractivity contribution in [3.8, 4) is 0 Å². The van der Waals surface area contributed by atoms with Gasteiger partial charge in [0.2, 0.25) is 0 Å². The molecule has 0 radical (unpaired) electrons. The summed E-state index contributed by atoms with van der Waals surface area (Å²) in [4.78, 5) is 6.06. The van der Waals surface area contributed by atoms with Gasteiger partial charge in [-0.3, -0.25) is 4.98 Å². The maximum absolute atomic E-state index is 14.3. The molecule has 2 N–H and O–H groups in total. The molecule has 2 rings (SSSR count). The van der Waals surface area contributed by atoms with E-state index in [4.69, 9.17) is 5.73 Å². The van der Waals surface area contributed by atoms with Crippen molar-refractivity contribution < 1.29 is 4.39 Å². The number of hydrogen-bond acceptors (Lipinski definition) is 3. The van der Waals surface area contributed by atoms with Gasteiger partial charge in [-0.05, 0) is 49.6 Å². The summed E-state index contributed by atoms with van der Waals surface area (Å²) in [5.74, 6) is -0.191. The Labute approximate surface area is 125 Å². The Morgan fingerprint density at radius 1 is 1.24 bits per heavy atom. The van der Waals surface area contributed by atoms with Crippen LogP contribution in [0.15, 0.2) is 42.7 Å². The largest absolute Gasteiger partial charge is 0.365 e. The lowest BCUT2D eigenvalue weighted by atomic mass is 10.0. The van der Waals surface area contributed by atoms with Gasteiger partial charge < -0.3 is 10.6 Å². The first-order chi connectivity index (χ1) is 10.1. The van der Waals surface area contributed by atoms with Gasteiger partial charge in [0, 0.05) is 31.5 Å². The van der Waals surface area contributed by atoms with E-state index in [1.54, 1.807) is 18.5 Å². The van der Waals surface area contributed by atoms with E-state index in [0.717, 1.165) is 17.7 Å². The van der Waals surface area contributed by atoms with E-state index in [-0.39, 0.29) is 11.9 Å². The molecule has 0 saturated carbocycles. The number of nitrogens with two attached hydrogens (primary N) is 1. The second kappa shape index (κ2) is 7.18. The van der Waals surface area contributed by atoms with E-state index >= 15 is 0 Å². The fourth-order valence-corrected chi connectivity index (χ4v) is 2.48. The highest BCUT2D eigenvalue weighted by Gasteiger charge is 2.16. The summed E-state index contributed by atoms with van der Waals surface area (Å²) in [6.45, 7) is 5.36. The zero-order chi connectivity index (χ0) is 15.2. The monoisotopic (exact) mass is 287 g/mol. The predicted molar refractivity (Wildman–Crippen MR) is 84.7 cm³/mol. The molecule has 0 aliphatic heterocycles. The summed E-state index contributed by atoms with van der Waals surface area (Å²) in [5.41, 5.74) is 8.62. The normalized spacial score (nSPS) is 12.2. The van der Waals surface area contributed by atoms with Gasteiger partial charge >= 0.3 is 0 Å². The van der Waals surface area contributed by atoms with Crippen molar-refractivity contribution in [1.82, 2.24) is 4.98 Å². The molecule has 4 heteroatoms. The standard InChI is InChI=1S/C17H22FN3/c1-3-21(12-14-7-9-20-10-8-14)17-15(11-13(2)19)5-4-6-16(17)18/h4-10,13H,3,11-12,19H2,1-2H3. The van der Waals surface area contributed by atoms with Crippen LogP contribution in [0.25, 0.3) is 0 Å². The van der Waals surface area contributed by atoms with Crippen LogP contribution in [0.5, 0.6) is 0 Å². The molecule has 0 bridgehead atoms. The third kappa shape index (κ3) is 4.02. The number of nitrogens with zero attached hydrogens (tertiary/aromatic N) is 2. The number of halogens is 1. The highest BCUT2D eigenvalue weighted by Crippen LogP contribution is 2.27. The molecule has 2 aromatic rings. The summed E-state index contributed by atoms with van der Waals surface area (Å²) in [5, 5.41) is 0. The van der Waals surface area contributed by atoms with Crippen molar-refractivity contribution in [3.63, 3.8) is 0 Å². The molecule has 0 amide bonds. The van der Waals surface area contributed by atoms with Crippen molar-refractivity contribution in [2.24, 2.45) is 5.73 Å². The molecular formula is C17H22FN3. The fourth-order valence-electron chi connectivity index (χ4n) is 2.48. The Morgan fingerprint density at radius 3 is 2.57 bits per heavy atom. The summed E-state index contributed by atoms with van der Waals surface area (Å²) in [6, 6.07) is 9.12. The maximum Gasteiger partial charge on any atom is 0.146 e. The van der Waals surface area contributed by atoms with Crippen LogP contribution < -0.4 is 10.6 Å². The predicted octanol–water partition coefficient (Wildman–Crippen LogP) is 3.14. The van der Waals surface area contributed by atoms with Gasteiger partial charge in [-0.1, -0.05) is 12.1 Å². The molecular weight excluding hydrogens is 265 g/mol. The molecule has 1 aromatic heterocycles. The summed E-state index contributed by atoms with van der Waals surface area (Å²) in [6.07, 6.45) is 4.18. The van der Waals surface area contributed by atoms with Gasteiger partial charge in [0.1, 0.15) is 5.82 Å². The number of para-hydroxylation sites is 1. The molecule has 112 valence electrons. The van der Waals surface area contributed by atoms with Crippen LogP contribution in [0.1, 0.15) is 25.0 Å². The van der Waals surface area contributed by atoms with Gasteiger partial charge in [0.15, 0.2) is 0 Å². The van der Waals surface area contributed by atoms with Crippen LogP contribution in [0.3, 0.4) is 0 Å². The van der Waals surface area contributed by atoms with Crippen molar-refractivity contribution in [2.45, 2.75) is 32.9 Å². The molecule has 1 heterocycles. The molecule has 0 fully saturated rings. The second-order valence-corrected chi connectivity index (χ2v) is 5.30. The lowest BCUT2D eigenvalue weighted by Gasteiger charge is -2.27. The topological polar surface area (TPSA) is 42.2 Å². The minimum absolute atomic E-state index is 0.00480. The van der Waals surface area contributed by atoms with Gasteiger partial charge in [-0.15, -0.1) is 0 Å². The van der Waals surface area contributed by atoms with E-state index in [1.807, 2.05) is 36.9 Å². The number of aromatic nitrogens is 1. The van der Waals surface area contributed by atoms with Crippen LogP contribution >= 0.6 is 0 Å². The molecule has 3 nitrogen and oxygen atoms in total. The highest BCUT2D eigenvalue weighted by molar-refractivity contribution is 5.55. The molecule has 1 unspecified atom stereocenters. The quantitative estimate of drug-likeness (QED) is 0.887. The Bertz CT molecular complexity index is 570. The Balaban J connectivity index is 2.32. The van der Waals surface area contributed by atoms with Gasteiger partial charge in [-0.2, -0.15) is 0 Å². The average molecular weight is 287 g/mol. The molecule has 1 aromatic carbocycles. The third-order valence-electron chi connectivity index (χ3n) is 3.43. The first-order valence-corrected chi connectivity index (χ1v) is 7.28. The Hall–Kier alpha value is -1.94. The van der Waals surface area contributed by atoms with Crippen LogP contribution in [-0.2, 0) is 13.0 Å². The van der Waals surface area contributed by atoms with Gasteiger partial charge in [0.05, 0.1) is 5.69 Å². The minimum atomic E-state index is -0.191. The maximum atomic E-state index is 14.3. The third-order valence-corrected chi connectivity index (χ3v) is 3.43. The average Bonchev–Trinajstić information content (AvgIpc) is 2.46. The van der Waals surface area contributed by atoms with E-state index in [9.17, 15) is 4.39 Å². The van der Waals surface area contributed by atoms with Crippen molar-refractivity contribution in [1.29, 1.82) is 0 Å². The second-order valence-electron chi connectivity index (χ2n) is 5.30. The highest BCUT2D eigenvalue weighted by atomic mass is 19.1. The van der Waals surface area contributed by atoms with Crippen LogP contribution in [-0.4, -0.2) is 17.6 Å². The van der Waals surface area contributed by atoms with Crippen molar-refractivity contribution in [3.05, 3.63) is 59.7 Å². The van der Waals surface area contributed by atoms with E-state index < -0.39 is 0 Å². The zero-order valence-electron chi connectivity index (χ0n) is 12.6. The molecule has 21 heavy (non-hydrogen) atoms. The molecule has 0 aliphatic carbocycles. The molecule has 0 spiro atoms. The SMILES string of the molecule is CCN(Cc1ccncc1)c1c(F)cccc1CC(C)N. The lowest BCUT2D eigenvalue weighted by Crippen LogP contribution is -2.26. The first kappa shape index (κ1) is 15.4. The summed E-state index contributed by atoms with van der Waals surface area (Å²) in [7, 11) is 0. The van der Waals surface area contributed by atoms with Gasteiger partial charge in [0.25, 0.3) is 0 Å². The Morgan fingerprint density at radius 2 is 1.95 bits per heavy atom. The van der Waals surface area contributed by atoms with E-state index in [0.29, 0.717) is 18.7 Å². The first-order valence-electron chi connectivity index (χ1n) is 7.28. The van der Waals surface area contributed by atoms with E-state index in [2.05, 4.69) is 4.98 Å². The van der Waals surface area contributed by atoms with E-state index in [1.165, 1.54) is 6.07 Å². The number of anilines is 1. The number of pyridine rings is 1. The smallest absolute Gasteiger partial charge is 0.146 e. The number of benzene rings is 1. The van der Waals surface area contributed by atoms with Crippen LogP contribution in [0, 0.1) is 5.82 Å². The zero-order valence-corrected chi connectivity index (χ0v) is 12.6.